The lowest BCUT2D eigenvalue weighted by Gasteiger charge is -2.06. The van der Waals surface area contributed by atoms with Crippen molar-refractivity contribution in [3.05, 3.63) is 12.3 Å². The topological polar surface area (TPSA) is 83.4 Å². The molecule has 0 aromatic carbocycles. The van der Waals surface area contributed by atoms with Crippen LogP contribution in [0.2, 0.25) is 0 Å². The Labute approximate surface area is 101 Å². The minimum Gasteiger partial charge on any atom is -0.474 e. The van der Waals surface area contributed by atoms with Crippen molar-refractivity contribution in [3.63, 3.8) is 0 Å². The van der Waals surface area contributed by atoms with Crippen molar-refractivity contribution in [3.8, 4) is 5.88 Å². The van der Waals surface area contributed by atoms with Crippen LogP contribution in [0.3, 0.4) is 0 Å². The molecule has 1 rings (SSSR count). The molecule has 0 saturated carbocycles. The summed E-state index contributed by atoms with van der Waals surface area (Å²) >= 11 is 0. The van der Waals surface area contributed by atoms with Gasteiger partial charge in [-0.3, -0.25) is 0 Å². The number of ether oxygens (including phenoxy) is 2. The molecule has 0 radical (unpaired) electrons. The third kappa shape index (κ3) is 5.51. The van der Waals surface area contributed by atoms with Crippen molar-refractivity contribution in [1.29, 1.82) is 0 Å². The van der Waals surface area contributed by atoms with Crippen molar-refractivity contribution in [1.82, 2.24) is 4.98 Å². The van der Waals surface area contributed by atoms with E-state index in [0.29, 0.717) is 30.5 Å². The van der Waals surface area contributed by atoms with Crippen LogP contribution in [0.4, 0.5) is 11.4 Å². The van der Waals surface area contributed by atoms with Crippen LogP contribution in [0, 0.1) is 0 Å². The average molecular weight is 256 g/mol. The number of nitrogens with two attached hydrogens (primary N) is 2. The first-order chi connectivity index (χ1) is 6.24. The third-order valence-electron chi connectivity index (χ3n) is 1.43. The number of hydrogen-bond donors (Lipinski definition) is 2. The van der Waals surface area contributed by atoms with Crippen LogP contribution in [-0.4, -0.2) is 25.3 Å². The van der Waals surface area contributed by atoms with Gasteiger partial charge in [-0.1, -0.05) is 0 Å². The number of aromatic nitrogens is 1. The Morgan fingerprint density at radius 1 is 1.27 bits per heavy atom. The molecule has 0 aliphatic rings. The fourth-order valence-corrected chi connectivity index (χ4v) is 0.829. The fourth-order valence-electron chi connectivity index (χ4n) is 0.829. The molecule has 0 aliphatic carbocycles. The van der Waals surface area contributed by atoms with Gasteiger partial charge in [0.05, 0.1) is 24.2 Å². The van der Waals surface area contributed by atoms with Crippen molar-refractivity contribution < 1.29 is 9.47 Å². The first kappa shape index (κ1) is 16.5. The Bertz CT molecular complexity index is 287. The predicted molar refractivity (Wildman–Crippen MR) is 64.9 cm³/mol. The average Bonchev–Trinajstić information content (AvgIpc) is 2.09. The molecule has 1 aromatic heterocycles. The van der Waals surface area contributed by atoms with E-state index in [1.165, 1.54) is 6.20 Å². The molecule has 1 aromatic rings. The zero-order valence-corrected chi connectivity index (χ0v) is 9.94. The van der Waals surface area contributed by atoms with Gasteiger partial charge >= 0.3 is 0 Å². The summed E-state index contributed by atoms with van der Waals surface area (Å²) in [6.45, 7) is 0.934. The van der Waals surface area contributed by atoms with E-state index >= 15 is 0 Å². The van der Waals surface area contributed by atoms with Crippen LogP contribution in [-0.2, 0) is 4.74 Å². The second kappa shape index (κ2) is 8.40. The molecular formula is C8H15Cl2N3O2. The summed E-state index contributed by atoms with van der Waals surface area (Å²) in [6, 6.07) is 1.61. The van der Waals surface area contributed by atoms with Crippen LogP contribution in [0.1, 0.15) is 0 Å². The minimum atomic E-state index is 0. The number of rotatable bonds is 4. The number of anilines is 2. The van der Waals surface area contributed by atoms with E-state index in [1.807, 2.05) is 0 Å². The zero-order chi connectivity index (χ0) is 9.68. The molecule has 88 valence electrons. The Morgan fingerprint density at radius 3 is 2.47 bits per heavy atom. The monoisotopic (exact) mass is 255 g/mol. The van der Waals surface area contributed by atoms with Gasteiger partial charge in [-0.25, -0.2) is 4.98 Å². The van der Waals surface area contributed by atoms with Gasteiger partial charge in [0, 0.05) is 7.11 Å². The molecule has 4 N–H and O–H groups in total. The highest BCUT2D eigenvalue weighted by atomic mass is 35.5. The first-order valence-corrected chi connectivity index (χ1v) is 3.86. The van der Waals surface area contributed by atoms with Gasteiger partial charge < -0.3 is 20.9 Å². The Morgan fingerprint density at radius 2 is 1.93 bits per heavy atom. The lowest BCUT2D eigenvalue weighted by molar-refractivity contribution is 0.144. The number of methoxy groups -OCH3 is 1. The summed E-state index contributed by atoms with van der Waals surface area (Å²) in [7, 11) is 1.60. The SMILES string of the molecule is COCCOc1ncc(N)cc1N.Cl.Cl. The summed E-state index contributed by atoms with van der Waals surface area (Å²) in [6.07, 6.45) is 1.50. The smallest absolute Gasteiger partial charge is 0.237 e. The predicted octanol–water partition coefficient (Wildman–Crippen LogP) is 1.11. The maximum absolute atomic E-state index is 5.60. The first-order valence-electron chi connectivity index (χ1n) is 3.86. The van der Waals surface area contributed by atoms with Crippen LogP contribution in [0.25, 0.3) is 0 Å². The molecule has 5 nitrogen and oxygen atoms in total. The van der Waals surface area contributed by atoms with E-state index in [9.17, 15) is 0 Å². The molecule has 1 heterocycles. The highest BCUT2D eigenvalue weighted by Gasteiger charge is 2.01. The second-order valence-corrected chi connectivity index (χ2v) is 2.50. The number of nitrogen functional groups attached to an aromatic ring is 2. The lowest BCUT2D eigenvalue weighted by Crippen LogP contribution is -2.07. The van der Waals surface area contributed by atoms with Gasteiger partial charge in [-0.05, 0) is 6.07 Å². The van der Waals surface area contributed by atoms with E-state index in [2.05, 4.69) is 4.98 Å². The van der Waals surface area contributed by atoms with Gasteiger partial charge in [-0.2, -0.15) is 0 Å². The largest absolute Gasteiger partial charge is 0.474 e. The highest BCUT2D eigenvalue weighted by Crippen LogP contribution is 2.19. The molecule has 0 unspecified atom stereocenters. The van der Waals surface area contributed by atoms with Crippen molar-refractivity contribution >= 4 is 36.2 Å². The van der Waals surface area contributed by atoms with Crippen LogP contribution in [0.5, 0.6) is 5.88 Å². The van der Waals surface area contributed by atoms with Crippen molar-refractivity contribution in [2.75, 3.05) is 31.8 Å². The lowest BCUT2D eigenvalue weighted by atomic mass is 10.4. The van der Waals surface area contributed by atoms with Crippen LogP contribution < -0.4 is 16.2 Å². The van der Waals surface area contributed by atoms with Gasteiger partial charge in [0.2, 0.25) is 5.88 Å². The Kier molecular flexibility index (Phi) is 9.25. The fraction of sp³-hybridized carbons (Fsp3) is 0.375. The van der Waals surface area contributed by atoms with E-state index in [4.69, 9.17) is 20.9 Å². The third-order valence-corrected chi connectivity index (χ3v) is 1.43. The van der Waals surface area contributed by atoms with Gasteiger partial charge in [0.1, 0.15) is 6.61 Å². The van der Waals surface area contributed by atoms with Gasteiger partial charge in [0.15, 0.2) is 0 Å². The number of halogens is 2. The molecule has 0 aliphatic heterocycles. The molecule has 0 fully saturated rings. The molecule has 0 bridgehead atoms. The zero-order valence-electron chi connectivity index (χ0n) is 8.30. The summed E-state index contributed by atoms with van der Waals surface area (Å²) < 4.78 is 10.0. The quantitative estimate of drug-likeness (QED) is 0.788. The van der Waals surface area contributed by atoms with Gasteiger partial charge in [-0.15, -0.1) is 24.8 Å². The maximum Gasteiger partial charge on any atom is 0.237 e. The maximum atomic E-state index is 5.60. The van der Waals surface area contributed by atoms with E-state index < -0.39 is 0 Å². The van der Waals surface area contributed by atoms with Gasteiger partial charge in [0.25, 0.3) is 0 Å². The van der Waals surface area contributed by atoms with E-state index in [0.717, 1.165) is 0 Å². The number of nitrogens with zero attached hydrogens (tertiary/aromatic N) is 1. The molecule has 15 heavy (non-hydrogen) atoms. The highest BCUT2D eigenvalue weighted by molar-refractivity contribution is 5.85. The van der Waals surface area contributed by atoms with Crippen molar-refractivity contribution in [2.45, 2.75) is 0 Å². The molecule has 0 spiro atoms. The van der Waals surface area contributed by atoms with Crippen molar-refractivity contribution in [2.24, 2.45) is 0 Å². The van der Waals surface area contributed by atoms with Crippen LogP contribution in [0.15, 0.2) is 12.3 Å². The van der Waals surface area contributed by atoms with Crippen LogP contribution >= 0.6 is 24.8 Å². The summed E-state index contributed by atoms with van der Waals surface area (Å²) in [5, 5.41) is 0. The molecular weight excluding hydrogens is 241 g/mol. The molecule has 0 amide bonds. The van der Waals surface area contributed by atoms with E-state index in [-0.39, 0.29) is 24.8 Å². The summed E-state index contributed by atoms with van der Waals surface area (Å²) in [5.41, 5.74) is 12.0. The Hall–Kier alpha value is -0.910. The summed E-state index contributed by atoms with van der Waals surface area (Å²) in [5.74, 6) is 0.395. The standard InChI is InChI=1S/C8H13N3O2.2ClH/c1-12-2-3-13-8-7(10)4-6(9)5-11-8;;/h4-5H,2-3,9-10H2,1H3;2*1H. The molecule has 7 heteroatoms. The molecule has 0 atom stereocenters. The van der Waals surface area contributed by atoms with E-state index in [1.54, 1.807) is 13.2 Å². The minimum absolute atomic E-state index is 0. The second-order valence-electron chi connectivity index (χ2n) is 2.50. The Balaban J connectivity index is 0. The summed E-state index contributed by atoms with van der Waals surface area (Å²) in [4.78, 5) is 3.92. The number of pyridine rings is 1. The number of hydrogen-bond acceptors (Lipinski definition) is 5. The molecule has 0 saturated heterocycles. The normalized spacial score (nSPS) is 8.60.